The highest BCUT2D eigenvalue weighted by atomic mass is 16.2. The lowest BCUT2D eigenvalue weighted by molar-refractivity contribution is 0.217. The summed E-state index contributed by atoms with van der Waals surface area (Å²) in [5.74, 6) is 0. The third-order valence-electron chi connectivity index (χ3n) is 4.55. The van der Waals surface area contributed by atoms with Crippen LogP contribution in [0, 0.1) is 11.3 Å². The molecule has 0 saturated carbocycles. The molecule has 0 bridgehead atoms. The number of para-hydroxylation sites is 2. The molecule has 0 fully saturated rings. The van der Waals surface area contributed by atoms with Crippen LogP contribution in [-0.2, 0) is 0 Å². The third-order valence-corrected chi connectivity index (χ3v) is 4.55. The summed E-state index contributed by atoms with van der Waals surface area (Å²) in [5.41, 5.74) is 3.28. The van der Waals surface area contributed by atoms with Crippen LogP contribution in [0.1, 0.15) is 17.2 Å². The van der Waals surface area contributed by atoms with Crippen molar-refractivity contribution in [2.75, 3.05) is 4.90 Å². The lowest BCUT2D eigenvalue weighted by Crippen LogP contribution is -2.40. The predicted octanol–water partition coefficient (Wildman–Crippen LogP) is 5.50. The number of nitriles is 1. The molecule has 0 saturated heterocycles. The topological polar surface area (TPSA) is 47.3 Å². The zero-order valence-corrected chi connectivity index (χ0v) is 14.6. The van der Waals surface area contributed by atoms with E-state index >= 15 is 0 Å². The fraction of sp³-hybridized carbons (Fsp3) is 0.0435. The van der Waals surface area contributed by atoms with Crippen molar-refractivity contribution in [3.05, 3.63) is 102 Å². The second-order valence-corrected chi connectivity index (χ2v) is 6.17. The molecule has 130 valence electrons. The maximum atomic E-state index is 13.5. The van der Waals surface area contributed by atoms with Gasteiger partial charge in [-0.1, -0.05) is 60.7 Å². The molecule has 1 atom stereocenters. The number of carbonyl (C=O) groups excluding carboxylic acids is 1. The quantitative estimate of drug-likeness (QED) is 0.612. The zero-order valence-electron chi connectivity index (χ0n) is 14.6. The molecule has 4 nitrogen and oxygen atoms in total. The summed E-state index contributed by atoms with van der Waals surface area (Å²) < 4.78 is 0. The molecule has 1 heterocycles. The number of benzene rings is 3. The first kappa shape index (κ1) is 16.6. The van der Waals surface area contributed by atoms with Gasteiger partial charge in [-0.3, -0.25) is 9.80 Å². The summed E-state index contributed by atoms with van der Waals surface area (Å²) in [6, 6.07) is 27.9. The van der Waals surface area contributed by atoms with Gasteiger partial charge in [0.05, 0.1) is 17.4 Å². The maximum Gasteiger partial charge on any atom is 0.334 e. The number of rotatable bonds is 2. The number of anilines is 2. The number of fused-ring (bicyclic) bond motifs is 1. The normalized spacial score (nSPS) is 14.9. The van der Waals surface area contributed by atoms with Crippen LogP contribution in [-0.4, -0.2) is 10.9 Å². The second-order valence-electron chi connectivity index (χ2n) is 6.17. The molecule has 2 amide bonds. The Balaban J connectivity index is 1.78. The Bertz CT molecular complexity index is 983. The van der Waals surface area contributed by atoms with Crippen molar-refractivity contribution >= 4 is 23.5 Å². The van der Waals surface area contributed by atoms with E-state index in [0.29, 0.717) is 0 Å². The van der Waals surface area contributed by atoms with Crippen molar-refractivity contribution < 1.29 is 4.79 Å². The Morgan fingerprint density at radius 3 is 2.00 bits per heavy atom. The van der Waals surface area contributed by atoms with Crippen LogP contribution in [0.15, 0.2) is 91.1 Å². The fourth-order valence-corrected chi connectivity index (χ4v) is 3.25. The molecule has 0 aromatic heterocycles. The van der Waals surface area contributed by atoms with E-state index in [9.17, 15) is 10.1 Å². The van der Waals surface area contributed by atoms with E-state index < -0.39 is 6.04 Å². The van der Waals surface area contributed by atoms with Gasteiger partial charge < -0.3 is 0 Å². The van der Waals surface area contributed by atoms with Crippen molar-refractivity contribution in [1.82, 2.24) is 4.90 Å². The van der Waals surface area contributed by atoms with E-state index in [1.54, 1.807) is 11.1 Å². The number of nitrogens with zero attached hydrogens (tertiary/aromatic N) is 3. The van der Waals surface area contributed by atoms with E-state index in [1.807, 2.05) is 91.0 Å². The van der Waals surface area contributed by atoms with Crippen LogP contribution in [0.4, 0.5) is 16.2 Å². The first-order valence-electron chi connectivity index (χ1n) is 8.69. The fourth-order valence-electron chi connectivity index (χ4n) is 3.25. The van der Waals surface area contributed by atoms with E-state index in [-0.39, 0.29) is 6.03 Å². The Morgan fingerprint density at radius 1 is 0.852 bits per heavy atom. The highest BCUT2D eigenvalue weighted by molar-refractivity contribution is 6.00. The number of hydrogen-bond acceptors (Lipinski definition) is 2. The molecule has 1 aliphatic heterocycles. The van der Waals surface area contributed by atoms with Gasteiger partial charge in [-0.2, -0.15) is 5.26 Å². The van der Waals surface area contributed by atoms with Crippen molar-refractivity contribution in [1.29, 1.82) is 5.26 Å². The average molecular weight is 351 g/mol. The van der Waals surface area contributed by atoms with E-state index in [4.69, 9.17) is 0 Å². The van der Waals surface area contributed by atoms with Crippen LogP contribution in [0.25, 0.3) is 6.08 Å². The van der Waals surface area contributed by atoms with E-state index in [1.165, 1.54) is 4.90 Å². The SMILES string of the molecule is N#C[C@@H]1c2ccccc2C=CN1C(=O)N(c1ccccc1)c1ccccc1. The number of urea groups is 1. The van der Waals surface area contributed by atoms with Crippen molar-refractivity contribution in [2.45, 2.75) is 6.04 Å². The van der Waals surface area contributed by atoms with Gasteiger partial charge in [0.15, 0.2) is 6.04 Å². The van der Waals surface area contributed by atoms with Gasteiger partial charge in [-0.25, -0.2) is 4.79 Å². The molecule has 0 N–H and O–H groups in total. The first-order chi connectivity index (χ1) is 13.3. The Morgan fingerprint density at radius 2 is 1.41 bits per heavy atom. The van der Waals surface area contributed by atoms with Crippen LogP contribution in [0.5, 0.6) is 0 Å². The van der Waals surface area contributed by atoms with E-state index in [0.717, 1.165) is 22.5 Å². The minimum absolute atomic E-state index is 0.273. The molecule has 0 radical (unpaired) electrons. The van der Waals surface area contributed by atoms with Crippen molar-refractivity contribution in [3.63, 3.8) is 0 Å². The van der Waals surface area contributed by atoms with Gasteiger partial charge in [-0.15, -0.1) is 0 Å². The number of carbonyl (C=O) groups is 1. The number of hydrogen-bond donors (Lipinski definition) is 0. The van der Waals surface area contributed by atoms with Gasteiger partial charge in [0.2, 0.25) is 0 Å². The molecular weight excluding hydrogens is 334 g/mol. The van der Waals surface area contributed by atoms with Gasteiger partial charge >= 0.3 is 6.03 Å². The summed E-state index contributed by atoms with van der Waals surface area (Å²) in [5, 5.41) is 9.78. The van der Waals surface area contributed by atoms with Crippen LogP contribution >= 0.6 is 0 Å². The highest BCUT2D eigenvalue weighted by Crippen LogP contribution is 2.34. The zero-order chi connectivity index (χ0) is 18.6. The molecule has 3 aromatic rings. The largest absolute Gasteiger partial charge is 0.334 e. The van der Waals surface area contributed by atoms with Gasteiger partial charge in [-0.05, 0) is 41.5 Å². The molecular formula is C23H17N3O. The van der Waals surface area contributed by atoms with Crippen molar-refractivity contribution in [2.24, 2.45) is 0 Å². The Labute approximate surface area is 158 Å². The molecule has 4 rings (SSSR count). The Kier molecular flexibility index (Phi) is 4.42. The van der Waals surface area contributed by atoms with Gasteiger partial charge in [0, 0.05) is 6.20 Å². The molecule has 0 spiro atoms. The minimum Gasteiger partial charge on any atom is -0.280 e. The second kappa shape index (κ2) is 7.19. The summed E-state index contributed by atoms with van der Waals surface area (Å²) in [4.78, 5) is 16.6. The lowest BCUT2D eigenvalue weighted by Gasteiger charge is -2.33. The third kappa shape index (κ3) is 3.07. The summed E-state index contributed by atoms with van der Waals surface area (Å²) in [7, 11) is 0. The van der Waals surface area contributed by atoms with Crippen LogP contribution in [0.2, 0.25) is 0 Å². The molecule has 0 aliphatic carbocycles. The molecule has 27 heavy (non-hydrogen) atoms. The summed E-state index contributed by atoms with van der Waals surface area (Å²) in [6.45, 7) is 0. The van der Waals surface area contributed by atoms with Gasteiger partial charge in [0.1, 0.15) is 0 Å². The van der Waals surface area contributed by atoms with Crippen LogP contribution in [0.3, 0.4) is 0 Å². The van der Waals surface area contributed by atoms with Crippen LogP contribution < -0.4 is 4.90 Å². The highest BCUT2D eigenvalue weighted by Gasteiger charge is 2.32. The predicted molar refractivity (Wildman–Crippen MR) is 106 cm³/mol. The summed E-state index contributed by atoms with van der Waals surface area (Å²) >= 11 is 0. The molecule has 3 aromatic carbocycles. The maximum absolute atomic E-state index is 13.5. The van der Waals surface area contributed by atoms with E-state index in [2.05, 4.69) is 6.07 Å². The standard InChI is InChI=1S/C23H17N3O/c24-17-22-21-14-8-7-9-18(21)15-16-25(22)23(27)26(19-10-3-1-4-11-19)20-12-5-2-6-13-20/h1-16,22H/t22-/m1/s1. The monoisotopic (exact) mass is 351 g/mol. The minimum atomic E-state index is -0.673. The average Bonchev–Trinajstić information content (AvgIpc) is 2.74. The molecule has 0 unspecified atom stereocenters. The number of amides is 2. The molecule has 4 heteroatoms. The van der Waals surface area contributed by atoms with Crippen molar-refractivity contribution in [3.8, 4) is 6.07 Å². The smallest absolute Gasteiger partial charge is 0.280 e. The molecule has 1 aliphatic rings. The van der Waals surface area contributed by atoms with Gasteiger partial charge in [0.25, 0.3) is 0 Å². The summed E-state index contributed by atoms with van der Waals surface area (Å²) in [6.07, 6.45) is 3.56. The Hall–Kier alpha value is -3.84. The lowest BCUT2D eigenvalue weighted by atomic mass is 9.97. The first-order valence-corrected chi connectivity index (χ1v) is 8.69.